The summed E-state index contributed by atoms with van der Waals surface area (Å²) >= 11 is 0. The van der Waals surface area contributed by atoms with Crippen LogP contribution in [0.15, 0.2) is 0 Å². The van der Waals surface area contributed by atoms with Crippen molar-refractivity contribution >= 4 is 0 Å². The Hall–Kier alpha value is 0. The van der Waals surface area contributed by atoms with Gasteiger partial charge < -0.3 is 0 Å². The first-order chi connectivity index (χ1) is 5.61. The van der Waals surface area contributed by atoms with Crippen LogP contribution < -0.4 is 0 Å². The second-order valence-corrected chi connectivity index (χ2v) is 5.09. The molecule has 0 saturated heterocycles. The molecule has 0 aromatic heterocycles. The van der Waals surface area contributed by atoms with Crippen molar-refractivity contribution in [3.8, 4) is 0 Å². The Bertz CT molecular complexity index is 135. The third-order valence-corrected chi connectivity index (χ3v) is 3.83. The molecule has 1 saturated carbocycles. The highest BCUT2D eigenvalue weighted by Crippen LogP contribution is 2.49. The van der Waals surface area contributed by atoms with Gasteiger partial charge in [0, 0.05) is 0 Å². The Kier molecular flexibility index (Phi) is 3.20. The van der Waals surface area contributed by atoms with Crippen LogP contribution in [-0.2, 0) is 0 Å². The van der Waals surface area contributed by atoms with Crippen LogP contribution in [-0.4, -0.2) is 0 Å². The molecule has 0 spiro atoms. The smallest absolute Gasteiger partial charge is 0.0323 e. The first-order valence-corrected chi connectivity index (χ1v) is 5.61. The van der Waals surface area contributed by atoms with Crippen molar-refractivity contribution in [3.05, 3.63) is 0 Å². The fourth-order valence-corrected chi connectivity index (χ4v) is 3.18. The van der Waals surface area contributed by atoms with Gasteiger partial charge in [0.2, 0.25) is 0 Å². The summed E-state index contributed by atoms with van der Waals surface area (Å²) in [6.07, 6.45) is 7.16. The minimum absolute atomic E-state index is 0.634. The van der Waals surface area contributed by atoms with E-state index in [9.17, 15) is 0 Å². The summed E-state index contributed by atoms with van der Waals surface area (Å²) in [5.41, 5.74) is 0.634. The zero-order valence-corrected chi connectivity index (χ0v) is 9.19. The molecule has 0 aromatic rings. The Balaban J connectivity index is 2.56. The lowest BCUT2D eigenvalue weighted by molar-refractivity contribution is 0.203. The first-order valence-electron chi connectivity index (χ1n) is 5.61. The lowest BCUT2D eigenvalue weighted by atomic mass is 9.76. The molecular formula is C12H24. The van der Waals surface area contributed by atoms with Crippen molar-refractivity contribution in [1.82, 2.24) is 0 Å². The maximum Gasteiger partial charge on any atom is -0.0323 e. The molecular weight excluding hydrogens is 144 g/mol. The maximum atomic E-state index is 2.46. The van der Waals surface area contributed by atoms with Crippen LogP contribution in [0.2, 0.25) is 0 Å². The van der Waals surface area contributed by atoms with Gasteiger partial charge in [-0.2, -0.15) is 0 Å². The average Bonchev–Trinajstić information content (AvgIpc) is 2.27. The summed E-state index contributed by atoms with van der Waals surface area (Å²) < 4.78 is 0. The van der Waals surface area contributed by atoms with Crippen LogP contribution in [0.25, 0.3) is 0 Å². The van der Waals surface area contributed by atoms with Gasteiger partial charge in [-0.1, -0.05) is 47.0 Å². The van der Waals surface area contributed by atoms with Gasteiger partial charge in [-0.25, -0.2) is 0 Å². The van der Waals surface area contributed by atoms with Gasteiger partial charge >= 0.3 is 0 Å². The Morgan fingerprint density at radius 2 is 1.92 bits per heavy atom. The standard InChI is InChI=1S/C12H24/c1-5-7-10-8-9-12(3,4)11(10)6-2/h10-11H,5-9H2,1-4H3. The van der Waals surface area contributed by atoms with Crippen molar-refractivity contribution in [2.75, 3.05) is 0 Å². The quantitative estimate of drug-likeness (QED) is 0.591. The van der Waals surface area contributed by atoms with E-state index in [2.05, 4.69) is 27.7 Å². The van der Waals surface area contributed by atoms with Crippen molar-refractivity contribution in [2.24, 2.45) is 17.3 Å². The van der Waals surface area contributed by atoms with Gasteiger partial charge in [0.15, 0.2) is 0 Å². The van der Waals surface area contributed by atoms with E-state index in [0.717, 1.165) is 11.8 Å². The van der Waals surface area contributed by atoms with E-state index >= 15 is 0 Å². The van der Waals surface area contributed by atoms with Crippen molar-refractivity contribution in [1.29, 1.82) is 0 Å². The van der Waals surface area contributed by atoms with Crippen LogP contribution >= 0.6 is 0 Å². The van der Waals surface area contributed by atoms with Crippen LogP contribution in [0.1, 0.15) is 59.8 Å². The fraction of sp³-hybridized carbons (Fsp3) is 1.00. The number of hydrogen-bond donors (Lipinski definition) is 0. The van der Waals surface area contributed by atoms with Crippen molar-refractivity contribution in [2.45, 2.75) is 59.8 Å². The third kappa shape index (κ3) is 1.84. The fourth-order valence-electron chi connectivity index (χ4n) is 3.18. The molecule has 0 radical (unpaired) electrons. The lowest BCUT2D eigenvalue weighted by Gasteiger charge is -2.29. The molecule has 1 aliphatic rings. The molecule has 0 aromatic carbocycles. The molecule has 2 unspecified atom stereocenters. The second-order valence-electron chi connectivity index (χ2n) is 5.09. The van der Waals surface area contributed by atoms with Gasteiger partial charge in [-0.15, -0.1) is 0 Å². The molecule has 72 valence electrons. The topological polar surface area (TPSA) is 0 Å². The largest absolute Gasteiger partial charge is 0.0654 e. The van der Waals surface area contributed by atoms with Gasteiger partial charge in [0.05, 0.1) is 0 Å². The molecule has 1 fully saturated rings. The van der Waals surface area contributed by atoms with E-state index in [4.69, 9.17) is 0 Å². The minimum atomic E-state index is 0.634. The molecule has 0 bridgehead atoms. The van der Waals surface area contributed by atoms with E-state index in [1.807, 2.05) is 0 Å². The van der Waals surface area contributed by atoms with Gasteiger partial charge in [-0.05, 0) is 30.1 Å². The molecule has 0 aliphatic heterocycles. The number of hydrogen-bond acceptors (Lipinski definition) is 0. The first kappa shape index (κ1) is 10.1. The summed E-state index contributed by atoms with van der Waals surface area (Å²) in [5.74, 6) is 2.03. The molecule has 1 aliphatic carbocycles. The highest BCUT2D eigenvalue weighted by atomic mass is 14.4. The van der Waals surface area contributed by atoms with Crippen LogP contribution in [0.4, 0.5) is 0 Å². The average molecular weight is 168 g/mol. The van der Waals surface area contributed by atoms with Crippen LogP contribution in [0, 0.1) is 17.3 Å². The predicted octanol–water partition coefficient (Wildman–Crippen LogP) is 4.25. The summed E-state index contributed by atoms with van der Waals surface area (Å²) in [6, 6.07) is 0. The molecule has 0 heterocycles. The summed E-state index contributed by atoms with van der Waals surface area (Å²) in [5, 5.41) is 0. The predicted molar refractivity (Wildman–Crippen MR) is 55.2 cm³/mol. The summed E-state index contributed by atoms with van der Waals surface area (Å²) in [4.78, 5) is 0. The van der Waals surface area contributed by atoms with E-state index in [0.29, 0.717) is 5.41 Å². The second kappa shape index (κ2) is 3.81. The van der Waals surface area contributed by atoms with E-state index in [1.165, 1.54) is 32.1 Å². The molecule has 0 amide bonds. The SMILES string of the molecule is CCCC1CCC(C)(C)C1CC. The van der Waals surface area contributed by atoms with E-state index in [-0.39, 0.29) is 0 Å². The molecule has 0 heteroatoms. The molecule has 1 rings (SSSR count). The van der Waals surface area contributed by atoms with Crippen molar-refractivity contribution in [3.63, 3.8) is 0 Å². The van der Waals surface area contributed by atoms with Gasteiger partial charge in [0.1, 0.15) is 0 Å². The lowest BCUT2D eigenvalue weighted by Crippen LogP contribution is -2.21. The zero-order valence-electron chi connectivity index (χ0n) is 9.19. The molecule has 0 nitrogen and oxygen atoms in total. The molecule has 12 heavy (non-hydrogen) atoms. The molecule has 0 N–H and O–H groups in total. The molecule has 2 atom stereocenters. The normalized spacial score (nSPS) is 34.0. The van der Waals surface area contributed by atoms with Crippen molar-refractivity contribution < 1.29 is 0 Å². The van der Waals surface area contributed by atoms with Gasteiger partial charge in [0.25, 0.3) is 0 Å². The maximum absolute atomic E-state index is 2.46. The summed E-state index contributed by atoms with van der Waals surface area (Å²) in [7, 11) is 0. The van der Waals surface area contributed by atoms with E-state index in [1.54, 1.807) is 0 Å². The number of rotatable bonds is 3. The highest BCUT2D eigenvalue weighted by molar-refractivity contribution is 4.89. The monoisotopic (exact) mass is 168 g/mol. The Labute approximate surface area is 77.7 Å². The zero-order chi connectivity index (χ0) is 9.19. The van der Waals surface area contributed by atoms with Crippen LogP contribution in [0.3, 0.4) is 0 Å². The third-order valence-electron chi connectivity index (χ3n) is 3.83. The minimum Gasteiger partial charge on any atom is -0.0654 e. The van der Waals surface area contributed by atoms with Gasteiger partial charge in [-0.3, -0.25) is 0 Å². The Morgan fingerprint density at radius 1 is 1.25 bits per heavy atom. The summed E-state index contributed by atoms with van der Waals surface area (Å²) in [6.45, 7) is 9.59. The van der Waals surface area contributed by atoms with Crippen LogP contribution in [0.5, 0.6) is 0 Å². The Morgan fingerprint density at radius 3 is 2.42 bits per heavy atom. The highest BCUT2D eigenvalue weighted by Gasteiger charge is 2.39. The van der Waals surface area contributed by atoms with E-state index < -0.39 is 0 Å².